The second-order valence-electron chi connectivity index (χ2n) is 2.86. The van der Waals surface area contributed by atoms with E-state index in [1.165, 1.54) is 0 Å². The fraction of sp³-hybridized carbons (Fsp3) is 0.100. The molecule has 0 aromatic heterocycles. The van der Waals surface area contributed by atoms with Crippen molar-refractivity contribution in [2.75, 3.05) is 12.3 Å². The van der Waals surface area contributed by atoms with Crippen molar-refractivity contribution >= 4 is 11.7 Å². The van der Waals surface area contributed by atoms with Crippen molar-refractivity contribution in [3.8, 4) is 0 Å². The van der Waals surface area contributed by atoms with Gasteiger partial charge in [-0.3, -0.25) is 0 Å². The fourth-order valence-electron chi connectivity index (χ4n) is 0.861. The molecule has 4 heteroatoms. The van der Waals surface area contributed by atoms with Crippen LogP contribution in [0.15, 0.2) is 36.5 Å². The zero-order valence-corrected chi connectivity index (χ0v) is 7.69. The molecule has 14 heavy (non-hydrogen) atoms. The highest BCUT2D eigenvalue weighted by Crippen LogP contribution is 2.06. The van der Waals surface area contributed by atoms with Gasteiger partial charge >= 0.3 is 5.97 Å². The third-order valence-electron chi connectivity index (χ3n) is 1.54. The summed E-state index contributed by atoms with van der Waals surface area (Å²) in [7, 11) is 0. The zero-order chi connectivity index (χ0) is 10.6. The summed E-state index contributed by atoms with van der Waals surface area (Å²) >= 11 is 0. The molecule has 0 amide bonds. The number of hydrogen-bond acceptors (Lipinski definition) is 4. The maximum atomic E-state index is 11.3. The highest BCUT2D eigenvalue weighted by molar-refractivity contribution is 5.89. The van der Waals surface area contributed by atoms with Crippen molar-refractivity contribution in [3.05, 3.63) is 42.1 Å². The van der Waals surface area contributed by atoms with Crippen molar-refractivity contribution in [2.24, 2.45) is 5.73 Å². The van der Waals surface area contributed by atoms with E-state index in [4.69, 9.17) is 16.2 Å². The number of anilines is 1. The minimum Gasteiger partial charge on any atom is -0.456 e. The Morgan fingerprint density at radius 3 is 2.43 bits per heavy atom. The summed E-state index contributed by atoms with van der Waals surface area (Å²) in [5.41, 5.74) is 12.1. The second kappa shape index (κ2) is 4.32. The molecule has 0 saturated heterocycles. The van der Waals surface area contributed by atoms with Gasteiger partial charge in [0.25, 0.3) is 0 Å². The standard InChI is InChI=1S/C10H12N2O2/c1-7(11)6-14-10(13)8-2-4-9(12)5-3-8/h2-5H,1,6,11-12H2. The number of nitrogen functional groups attached to an aromatic ring is 1. The van der Waals surface area contributed by atoms with Gasteiger partial charge in [-0.2, -0.15) is 0 Å². The van der Waals surface area contributed by atoms with E-state index in [0.29, 0.717) is 16.9 Å². The Morgan fingerprint density at radius 1 is 1.36 bits per heavy atom. The largest absolute Gasteiger partial charge is 0.456 e. The number of ether oxygens (including phenoxy) is 1. The lowest BCUT2D eigenvalue weighted by Gasteiger charge is -2.03. The Kier molecular flexibility index (Phi) is 3.12. The van der Waals surface area contributed by atoms with Crippen molar-refractivity contribution in [2.45, 2.75) is 0 Å². The van der Waals surface area contributed by atoms with E-state index in [9.17, 15) is 4.79 Å². The summed E-state index contributed by atoms with van der Waals surface area (Å²) in [5, 5.41) is 0. The van der Waals surface area contributed by atoms with E-state index in [1.54, 1.807) is 24.3 Å². The first-order valence-electron chi connectivity index (χ1n) is 4.05. The Bertz CT molecular complexity index is 344. The molecule has 0 aliphatic carbocycles. The van der Waals surface area contributed by atoms with E-state index in [0.717, 1.165) is 0 Å². The summed E-state index contributed by atoms with van der Waals surface area (Å²) < 4.78 is 4.83. The summed E-state index contributed by atoms with van der Waals surface area (Å²) in [5.74, 6) is -0.434. The quantitative estimate of drug-likeness (QED) is 0.551. The number of esters is 1. The van der Waals surface area contributed by atoms with E-state index < -0.39 is 5.97 Å². The molecule has 0 fully saturated rings. The van der Waals surface area contributed by atoms with Gasteiger partial charge in [-0.1, -0.05) is 6.58 Å². The Hall–Kier alpha value is -1.97. The van der Waals surface area contributed by atoms with Crippen LogP contribution in [0.2, 0.25) is 0 Å². The van der Waals surface area contributed by atoms with Crippen LogP contribution in [0, 0.1) is 0 Å². The third kappa shape index (κ3) is 2.82. The van der Waals surface area contributed by atoms with Gasteiger partial charge in [0, 0.05) is 11.4 Å². The van der Waals surface area contributed by atoms with Crippen LogP contribution in [0.25, 0.3) is 0 Å². The number of carbonyl (C=O) groups excluding carboxylic acids is 1. The van der Waals surface area contributed by atoms with Crippen LogP contribution in [-0.2, 0) is 4.74 Å². The van der Waals surface area contributed by atoms with Crippen molar-refractivity contribution in [1.82, 2.24) is 0 Å². The SMILES string of the molecule is C=C(N)COC(=O)c1ccc(N)cc1. The molecule has 4 N–H and O–H groups in total. The van der Waals surface area contributed by atoms with Gasteiger partial charge in [-0.25, -0.2) is 4.79 Å². The van der Waals surface area contributed by atoms with Crippen LogP contribution < -0.4 is 11.5 Å². The Morgan fingerprint density at radius 2 is 1.93 bits per heavy atom. The molecule has 1 rings (SSSR count). The molecule has 1 aromatic rings. The summed E-state index contributed by atoms with van der Waals surface area (Å²) in [6, 6.07) is 6.45. The average molecular weight is 192 g/mol. The lowest BCUT2D eigenvalue weighted by atomic mass is 10.2. The molecular formula is C10H12N2O2. The predicted molar refractivity (Wildman–Crippen MR) is 54.5 cm³/mol. The van der Waals surface area contributed by atoms with Gasteiger partial charge in [0.15, 0.2) is 0 Å². The molecule has 0 radical (unpaired) electrons. The molecule has 0 heterocycles. The van der Waals surface area contributed by atoms with Crippen molar-refractivity contribution in [3.63, 3.8) is 0 Å². The Labute approximate surface area is 82.2 Å². The molecule has 74 valence electrons. The number of nitrogens with two attached hydrogens (primary N) is 2. The summed E-state index contributed by atoms with van der Waals surface area (Å²) in [4.78, 5) is 11.3. The fourth-order valence-corrected chi connectivity index (χ4v) is 0.861. The lowest BCUT2D eigenvalue weighted by Crippen LogP contribution is -2.11. The van der Waals surface area contributed by atoms with Crippen LogP contribution in [0.3, 0.4) is 0 Å². The predicted octanol–water partition coefficient (Wildman–Crippen LogP) is 0.898. The highest BCUT2D eigenvalue weighted by atomic mass is 16.5. The van der Waals surface area contributed by atoms with E-state index >= 15 is 0 Å². The zero-order valence-electron chi connectivity index (χ0n) is 7.69. The second-order valence-corrected chi connectivity index (χ2v) is 2.86. The first kappa shape index (κ1) is 10.1. The maximum Gasteiger partial charge on any atom is 0.338 e. The van der Waals surface area contributed by atoms with E-state index in [2.05, 4.69) is 6.58 Å². The molecule has 0 bridgehead atoms. The minimum absolute atomic E-state index is 0.0310. The topological polar surface area (TPSA) is 78.3 Å². The molecule has 4 nitrogen and oxygen atoms in total. The number of hydrogen-bond donors (Lipinski definition) is 2. The van der Waals surface area contributed by atoms with Crippen LogP contribution in [-0.4, -0.2) is 12.6 Å². The molecular weight excluding hydrogens is 180 g/mol. The van der Waals surface area contributed by atoms with Crippen LogP contribution in [0.5, 0.6) is 0 Å². The molecule has 0 atom stereocenters. The minimum atomic E-state index is -0.434. The van der Waals surface area contributed by atoms with E-state index in [1.807, 2.05) is 0 Å². The first-order chi connectivity index (χ1) is 6.59. The Balaban J connectivity index is 2.61. The first-order valence-corrected chi connectivity index (χ1v) is 4.05. The van der Waals surface area contributed by atoms with E-state index in [-0.39, 0.29) is 6.61 Å². The number of carbonyl (C=O) groups is 1. The molecule has 1 aromatic carbocycles. The third-order valence-corrected chi connectivity index (χ3v) is 1.54. The van der Waals surface area contributed by atoms with Crippen molar-refractivity contribution < 1.29 is 9.53 Å². The van der Waals surface area contributed by atoms with Gasteiger partial charge in [0.05, 0.1) is 5.56 Å². The molecule has 0 saturated carbocycles. The smallest absolute Gasteiger partial charge is 0.338 e. The van der Waals surface area contributed by atoms with Gasteiger partial charge in [0.1, 0.15) is 6.61 Å². The summed E-state index contributed by atoms with van der Waals surface area (Å²) in [6.07, 6.45) is 0. The number of rotatable bonds is 3. The van der Waals surface area contributed by atoms with Gasteiger partial charge in [0.2, 0.25) is 0 Å². The van der Waals surface area contributed by atoms with Gasteiger partial charge < -0.3 is 16.2 Å². The van der Waals surface area contributed by atoms with Crippen molar-refractivity contribution in [1.29, 1.82) is 0 Å². The monoisotopic (exact) mass is 192 g/mol. The van der Waals surface area contributed by atoms with Gasteiger partial charge in [-0.05, 0) is 24.3 Å². The molecule has 0 aliphatic rings. The molecule has 0 aliphatic heterocycles. The lowest BCUT2D eigenvalue weighted by molar-refractivity contribution is 0.0539. The maximum absolute atomic E-state index is 11.3. The van der Waals surface area contributed by atoms with Gasteiger partial charge in [-0.15, -0.1) is 0 Å². The van der Waals surface area contributed by atoms with Crippen LogP contribution in [0.4, 0.5) is 5.69 Å². The summed E-state index contributed by atoms with van der Waals surface area (Å²) in [6.45, 7) is 3.45. The average Bonchev–Trinajstić information content (AvgIpc) is 2.15. The van der Waals surface area contributed by atoms with Crippen LogP contribution >= 0.6 is 0 Å². The molecule has 0 unspecified atom stereocenters. The number of benzene rings is 1. The van der Waals surface area contributed by atoms with Crippen LogP contribution in [0.1, 0.15) is 10.4 Å². The molecule has 0 spiro atoms. The highest BCUT2D eigenvalue weighted by Gasteiger charge is 2.05. The normalized spacial score (nSPS) is 9.43.